The molecular formula is C21H15BrFN3O2S. The van der Waals surface area contributed by atoms with Crippen LogP contribution in [0.15, 0.2) is 69.2 Å². The third-order valence-electron chi connectivity index (χ3n) is 4.27. The van der Waals surface area contributed by atoms with Gasteiger partial charge in [0.1, 0.15) is 16.6 Å². The van der Waals surface area contributed by atoms with E-state index in [1.54, 1.807) is 25.3 Å². The van der Waals surface area contributed by atoms with E-state index in [9.17, 15) is 9.18 Å². The number of rotatable bonds is 5. The van der Waals surface area contributed by atoms with Gasteiger partial charge in [-0.2, -0.15) is 5.10 Å². The summed E-state index contributed by atoms with van der Waals surface area (Å²) in [6, 6.07) is 15.0. The zero-order valence-electron chi connectivity index (χ0n) is 15.3. The van der Waals surface area contributed by atoms with Crippen LogP contribution < -0.4 is 10.3 Å². The highest BCUT2D eigenvalue weighted by Crippen LogP contribution is 2.34. The fourth-order valence-corrected chi connectivity index (χ4v) is 4.07. The molecule has 0 atom stereocenters. The minimum Gasteiger partial charge on any atom is -0.496 e. The minimum atomic E-state index is -0.386. The van der Waals surface area contributed by atoms with Gasteiger partial charge in [0.15, 0.2) is 0 Å². The second kappa shape index (κ2) is 8.26. The Balaban J connectivity index is 1.66. The van der Waals surface area contributed by atoms with Crippen LogP contribution in [-0.2, 0) is 6.54 Å². The predicted octanol–water partition coefficient (Wildman–Crippen LogP) is 4.99. The summed E-state index contributed by atoms with van der Waals surface area (Å²) in [4.78, 5) is 16.9. The molecule has 0 aliphatic rings. The van der Waals surface area contributed by atoms with E-state index in [1.807, 2.05) is 23.6 Å². The number of hydrogen-bond acceptors (Lipinski definition) is 5. The van der Waals surface area contributed by atoms with Crippen molar-refractivity contribution < 1.29 is 9.13 Å². The third-order valence-corrected chi connectivity index (χ3v) is 5.69. The maximum absolute atomic E-state index is 14.1. The predicted molar refractivity (Wildman–Crippen MR) is 115 cm³/mol. The lowest BCUT2D eigenvalue weighted by atomic mass is 10.1. The van der Waals surface area contributed by atoms with Crippen molar-refractivity contribution in [1.29, 1.82) is 0 Å². The molecule has 4 rings (SSSR count). The van der Waals surface area contributed by atoms with Gasteiger partial charge in [0.2, 0.25) is 0 Å². The largest absolute Gasteiger partial charge is 0.496 e. The van der Waals surface area contributed by atoms with Crippen LogP contribution in [0.2, 0.25) is 0 Å². The first-order valence-corrected chi connectivity index (χ1v) is 10.3. The number of ether oxygens (including phenoxy) is 1. The molecule has 5 nitrogen and oxygen atoms in total. The van der Waals surface area contributed by atoms with Gasteiger partial charge in [-0.05, 0) is 36.4 Å². The Hall–Kier alpha value is -2.84. The second-order valence-corrected chi connectivity index (χ2v) is 7.96. The number of aromatic nitrogens is 3. The molecule has 0 aliphatic carbocycles. The van der Waals surface area contributed by atoms with Crippen LogP contribution in [0.3, 0.4) is 0 Å². The Kier molecular flexibility index (Phi) is 5.55. The first-order valence-electron chi connectivity index (χ1n) is 8.66. The van der Waals surface area contributed by atoms with E-state index in [2.05, 4.69) is 26.0 Å². The average Bonchev–Trinajstić information content (AvgIpc) is 3.18. The molecular weight excluding hydrogens is 457 g/mol. The van der Waals surface area contributed by atoms with Gasteiger partial charge in [0, 0.05) is 21.5 Å². The molecule has 0 aliphatic heterocycles. The molecule has 0 spiro atoms. The molecule has 2 heterocycles. The van der Waals surface area contributed by atoms with Crippen LogP contribution >= 0.6 is 27.3 Å². The topological polar surface area (TPSA) is 57.0 Å². The minimum absolute atomic E-state index is 0.188. The Morgan fingerprint density at radius 3 is 2.76 bits per heavy atom. The summed E-state index contributed by atoms with van der Waals surface area (Å²) in [7, 11) is 1.61. The molecule has 2 aromatic heterocycles. The van der Waals surface area contributed by atoms with Gasteiger partial charge < -0.3 is 4.74 Å². The van der Waals surface area contributed by atoms with Gasteiger partial charge in [0.25, 0.3) is 5.56 Å². The molecule has 0 unspecified atom stereocenters. The highest BCUT2D eigenvalue weighted by atomic mass is 79.9. The molecule has 0 saturated heterocycles. The first kappa shape index (κ1) is 19.5. The van der Waals surface area contributed by atoms with E-state index < -0.39 is 0 Å². The second-order valence-electron chi connectivity index (χ2n) is 6.18. The van der Waals surface area contributed by atoms with Crippen LogP contribution in [0.5, 0.6) is 5.75 Å². The van der Waals surface area contributed by atoms with Gasteiger partial charge in [-0.1, -0.05) is 28.1 Å². The summed E-state index contributed by atoms with van der Waals surface area (Å²) in [5.74, 6) is 0.328. The summed E-state index contributed by atoms with van der Waals surface area (Å²) in [5.41, 5.74) is 2.01. The molecule has 29 heavy (non-hydrogen) atoms. The molecule has 0 saturated carbocycles. The van der Waals surface area contributed by atoms with Crippen molar-refractivity contribution >= 4 is 27.3 Å². The Morgan fingerprint density at radius 1 is 1.14 bits per heavy atom. The lowest BCUT2D eigenvalue weighted by molar-refractivity contribution is 0.416. The van der Waals surface area contributed by atoms with Crippen molar-refractivity contribution in [2.45, 2.75) is 6.54 Å². The van der Waals surface area contributed by atoms with E-state index in [4.69, 9.17) is 4.74 Å². The number of benzene rings is 2. The lowest BCUT2D eigenvalue weighted by Gasteiger charge is -2.07. The van der Waals surface area contributed by atoms with Crippen molar-refractivity contribution in [2.75, 3.05) is 7.11 Å². The monoisotopic (exact) mass is 471 g/mol. The molecule has 2 aromatic carbocycles. The van der Waals surface area contributed by atoms with Gasteiger partial charge >= 0.3 is 0 Å². The van der Waals surface area contributed by atoms with Crippen molar-refractivity contribution in [1.82, 2.24) is 14.8 Å². The van der Waals surface area contributed by atoms with Crippen molar-refractivity contribution in [3.63, 3.8) is 0 Å². The molecule has 0 bridgehead atoms. The van der Waals surface area contributed by atoms with E-state index in [0.717, 1.165) is 15.0 Å². The molecule has 0 fully saturated rings. The maximum Gasteiger partial charge on any atom is 0.267 e. The Labute approximate surface area is 178 Å². The van der Waals surface area contributed by atoms with E-state index in [-0.39, 0.29) is 17.9 Å². The fourth-order valence-electron chi connectivity index (χ4n) is 2.88. The van der Waals surface area contributed by atoms with Crippen molar-refractivity contribution in [3.8, 4) is 27.6 Å². The van der Waals surface area contributed by atoms with Gasteiger partial charge in [-0.25, -0.2) is 14.1 Å². The van der Waals surface area contributed by atoms with E-state index in [0.29, 0.717) is 22.7 Å². The summed E-state index contributed by atoms with van der Waals surface area (Å²) >= 11 is 4.92. The summed E-state index contributed by atoms with van der Waals surface area (Å²) in [5, 5.41) is 6.97. The smallest absolute Gasteiger partial charge is 0.267 e. The quantitative estimate of drug-likeness (QED) is 0.411. The third kappa shape index (κ3) is 4.13. The summed E-state index contributed by atoms with van der Waals surface area (Å²) < 4.78 is 21.7. The fraction of sp³-hybridized carbons (Fsp3) is 0.0952. The SMILES string of the molecule is COc1ccc(Br)cc1-c1nc(Cn2nc(-c3ccccc3F)ccc2=O)cs1. The van der Waals surface area contributed by atoms with E-state index in [1.165, 1.54) is 34.2 Å². The molecule has 4 aromatic rings. The molecule has 8 heteroatoms. The standard InChI is InChI=1S/C21H15BrFN3O2S/c1-28-19-8-6-13(22)10-16(19)21-24-14(12-29-21)11-26-20(27)9-7-18(25-26)15-4-2-3-5-17(15)23/h2-10,12H,11H2,1H3. The lowest BCUT2D eigenvalue weighted by Crippen LogP contribution is -2.23. The highest BCUT2D eigenvalue weighted by molar-refractivity contribution is 9.10. The van der Waals surface area contributed by atoms with Gasteiger partial charge in [-0.15, -0.1) is 11.3 Å². The van der Waals surface area contributed by atoms with Gasteiger partial charge in [-0.3, -0.25) is 4.79 Å². The van der Waals surface area contributed by atoms with Crippen molar-refractivity contribution in [2.24, 2.45) is 0 Å². The van der Waals surface area contributed by atoms with Crippen LogP contribution in [-0.4, -0.2) is 21.9 Å². The number of nitrogens with zero attached hydrogens (tertiary/aromatic N) is 3. The zero-order chi connectivity index (χ0) is 20.4. The number of methoxy groups -OCH3 is 1. The van der Waals surface area contributed by atoms with Crippen LogP contribution in [0.4, 0.5) is 4.39 Å². The van der Waals surface area contributed by atoms with Crippen molar-refractivity contribution in [3.05, 3.63) is 86.3 Å². The first-order chi connectivity index (χ1) is 14.0. The highest BCUT2D eigenvalue weighted by Gasteiger charge is 2.13. The van der Waals surface area contributed by atoms with Crippen LogP contribution in [0.25, 0.3) is 21.8 Å². The van der Waals surface area contributed by atoms with Crippen LogP contribution in [0.1, 0.15) is 5.69 Å². The maximum atomic E-state index is 14.1. The Bertz CT molecular complexity index is 1240. The summed E-state index contributed by atoms with van der Waals surface area (Å²) in [6.45, 7) is 0.188. The molecule has 146 valence electrons. The van der Waals surface area contributed by atoms with E-state index >= 15 is 0 Å². The van der Waals surface area contributed by atoms with Gasteiger partial charge in [0.05, 0.1) is 30.6 Å². The molecule has 0 N–H and O–H groups in total. The summed E-state index contributed by atoms with van der Waals surface area (Å²) in [6.07, 6.45) is 0. The normalized spacial score (nSPS) is 10.9. The van der Waals surface area contributed by atoms with Crippen LogP contribution in [0, 0.1) is 5.82 Å². The molecule has 0 radical (unpaired) electrons. The number of hydrogen-bond donors (Lipinski definition) is 0. The number of halogens is 2. The zero-order valence-corrected chi connectivity index (χ0v) is 17.7. The number of thiazole rings is 1. The molecule has 0 amide bonds. The average molecular weight is 472 g/mol. The Morgan fingerprint density at radius 2 is 1.97 bits per heavy atom.